The fourth-order valence-electron chi connectivity index (χ4n) is 3.48. The molecule has 2 heterocycles. The molecule has 140 valence electrons. The molecule has 1 saturated heterocycles. The molecule has 2 aromatic rings. The summed E-state index contributed by atoms with van der Waals surface area (Å²) in [5.74, 6) is -1.02. The van der Waals surface area contributed by atoms with Crippen LogP contribution in [-0.4, -0.2) is 37.9 Å². The molecule has 0 bridgehead atoms. The van der Waals surface area contributed by atoms with Gasteiger partial charge in [-0.15, -0.1) is 0 Å². The molecule has 0 aromatic heterocycles. The Morgan fingerprint density at radius 3 is 2.63 bits per heavy atom. The predicted molar refractivity (Wildman–Crippen MR) is 97.6 cm³/mol. The molecule has 0 saturated carbocycles. The quantitative estimate of drug-likeness (QED) is 0.708. The maximum Gasteiger partial charge on any atom is 0.326 e. The van der Waals surface area contributed by atoms with Crippen LogP contribution in [0.4, 0.5) is 5.69 Å². The maximum absolute atomic E-state index is 12.2. The van der Waals surface area contributed by atoms with Crippen molar-refractivity contribution in [2.45, 2.75) is 18.9 Å². The number of carbonyl (C=O) groups is 2. The summed E-state index contributed by atoms with van der Waals surface area (Å²) in [6.45, 7) is -0.370. The topological polar surface area (TPSA) is 116 Å². The molecule has 4 rings (SSSR count). The van der Waals surface area contributed by atoms with Gasteiger partial charge in [-0.2, -0.15) is 8.42 Å². The Kier molecular flexibility index (Phi) is 4.03. The average molecular weight is 387 g/mol. The summed E-state index contributed by atoms with van der Waals surface area (Å²) in [6, 6.07) is 11.9. The second-order valence-electron chi connectivity index (χ2n) is 6.60. The highest BCUT2D eigenvalue weighted by Crippen LogP contribution is 2.32. The monoisotopic (exact) mass is 387 g/mol. The molecule has 1 fully saturated rings. The zero-order valence-corrected chi connectivity index (χ0v) is 15.0. The molecule has 8 nitrogen and oxygen atoms in total. The Bertz CT molecular complexity index is 1050. The third kappa shape index (κ3) is 3.21. The highest BCUT2D eigenvalue weighted by atomic mass is 32.2. The Morgan fingerprint density at radius 2 is 1.93 bits per heavy atom. The summed E-state index contributed by atoms with van der Waals surface area (Å²) < 4.78 is 26.5. The molecule has 1 atom stereocenters. The fourth-order valence-corrected chi connectivity index (χ4v) is 4.64. The van der Waals surface area contributed by atoms with Crippen molar-refractivity contribution < 1.29 is 23.1 Å². The Labute approximate surface area is 156 Å². The van der Waals surface area contributed by atoms with E-state index < -0.39 is 16.1 Å². The molecular formula is C18H17N3O5S. The zero-order chi connectivity index (χ0) is 19.2. The van der Waals surface area contributed by atoms with Gasteiger partial charge in [0.1, 0.15) is 12.3 Å². The molecule has 2 aromatic carbocycles. The number of fused-ring (bicyclic) bond motifs is 1. The van der Waals surface area contributed by atoms with Crippen LogP contribution in [0.2, 0.25) is 0 Å². The number of benzene rings is 2. The Hall–Kier alpha value is -3.07. The first-order valence-electron chi connectivity index (χ1n) is 8.37. The number of amides is 2. The maximum atomic E-state index is 12.2. The number of carbonyl (C=O) groups excluding carboxylic acids is 2. The Balaban J connectivity index is 1.54. The molecule has 3 N–H and O–H groups in total. The van der Waals surface area contributed by atoms with E-state index in [2.05, 4.69) is 5.32 Å². The van der Waals surface area contributed by atoms with Crippen molar-refractivity contribution in [3.8, 4) is 5.75 Å². The van der Waals surface area contributed by atoms with E-state index in [-0.39, 0.29) is 29.9 Å². The molecule has 0 unspecified atom stereocenters. The van der Waals surface area contributed by atoms with Gasteiger partial charge >= 0.3 is 10.2 Å². The lowest BCUT2D eigenvalue weighted by atomic mass is 9.91. The van der Waals surface area contributed by atoms with Crippen molar-refractivity contribution in [2.24, 2.45) is 0 Å². The minimum atomic E-state index is -3.98. The van der Waals surface area contributed by atoms with Crippen LogP contribution in [0.1, 0.15) is 21.5 Å². The molecule has 2 amide bonds. The summed E-state index contributed by atoms with van der Waals surface area (Å²) in [5.41, 5.74) is 2.43. The van der Waals surface area contributed by atoms with Crippen molar-refractivity contribution in [1.29, 1.82) is 0 Å². The van der Waals surface area contributed by atoms with Gasteiger partial charge in [-0.3, -0.25) is 9.59 Å². The normalized spacial score (nSPS) is 20.7. The van der Waals surface area contributed by atoms with E-state index in [1.54, 1.807) is 12.1 Å². The molecular weight excluding hydrogens is 370 g/mol. The first-order valence-corrected chi connectivity index (χ1v) is 9.81. The highest BCUT2D eigenvalue weighted by molar-refractivity contribution is 7.92. The second kappa shape index (κ2) is 6.27. The van der Waals surface area contributed by atoms with E-state index in [0.717, 1.165) is 15.4 Å². The van der Waals surface area contributed by atoms with Crippen LogP contribution >= 0.6 is 0 Å². The lowest BCUT2D eigenvalue weighted by molar-refractivity contribution is -0.117. The van der Waals surface area contributed by atoms with Gasteiger partial charge in [0.2, 0.25) is 0 Å². The van der Waals surface area contributed by atoms with Crippen LogP contribution in [-0.2, 0) is 27.8 Å². The lowest BCUT2D eigenvalue weighted by Crippen LogP contribution is -2.42. The summed E-state index contributed by atoms with van der Waals surface area (Å²) in [5, 5.41) is 13.2. The minimum Gasteiger partial charge on any atom is -0.506 e. The smallest absolute Gasteiger partial charge is 0.326 e. The number of nitrogens with zero attached hydrogens (tertiary/aromatic N) is 1. The first kappa shape index (κ1) is 17.3. The van der Waals surface area contributed by atoms with E-state index in [1.165, 1.54) is 12.1 Å². The third-order valence-electron chi connectivity index (χ3n) is 4.67. The largest absolute Gasteiger partial charge is 0.506 e. The van der Waals surface area contributed by atoms with Gasteiger partial charge in [0, 0.05) is 11.6 Å². The Morgan fingerprint density at radius 1 is 1.15 bits per heavy atom. The van der Waals surface area contributed by atoms with Crippen molar-refractivity contribution in [2.75, 3.05) is 10.8 Å². The number of phenols is 1. The van der Waals surface area contributed by atoms with Crippen LogP contribution in [0.25, 0.3) is 0 Å². The summed E-state index contributed by atoms with van der Waals surface area (Å²) >= 11 is 0. The van der Waals surface area contributed by atoms with Crippen LogP contribution in [0, 0.1) is 0 Å². The SMILES string of the molecule is O=C1CN(c2ccc(C[C@@H]3Cc4ccccc4C(=O)N3)cc2O)S(=O)(=O)N1. The van der Waals surface area contributed by atoms with Gasteiger partial charge in [0.05, 0.1) is 5.69 Å². The predicted octanol–water partition coefficient (Wildman–Crippen LogP) is 0.470. The van der Waals surface area contributed by atoms with Gasteiger partial charge < -0.3 is 10.4 Å². The first-order chi connectivity index (χ1) is 12.8. The van der Waals surface area contributed by atoms with E-state index in [0.29, 0.717) is 18.4 Å². The van der Waals surface area contributed by atoms with Crippen molar-refractivity contribution in [1.82, 2.24) is 10.0 Å². The van der Waals surface area contributed by atoms with Crippen molar-refractivity contribution in [3.63, 3.8) is 0 Å². The summed E-state index contributed by atoms with van der Waals surface area (Å²) in [4.78, 5) is 23.6. The molecule has 0 aliphatic carbocycles. The van der Waals surface area contributed by atoms with Crippen LogP contribution < -0.4 is 14.3 Å². The van der Waals surface area contributed by atoms with Gasteiger partial charge in [-0.25, -0.2) is 9.03 Å². The number of anilines is 1. The van der Waals surface area contributed by atoms with E-state index in [9.17, 15) is 23.1 Å². The third-order valence-corrected chi connectivity index (χ3v) is 6.07. The zero-order valence-electron chi connectivity index (χ0n) is 14.2. The number of aromatic hydroxyl groups is 1. The fraction of sp³-hybridized carbons (Fsp3) is 0.222. The van der Waals surface area contributed by atoms with E-state index in [1.807, 2.05) is 22.9 Å². The van der Waals surface area contributed by atoms with Crippen LogP contribution in [0.5, 0.6) is 5.75 Å². The van der Waals surface area contributed by atoms with Crippen LogP contribution in [0.3, 0.4) is 0 Å². The van der Waals surface area contributed by atoms with Crippen LogP contribution in [0.15, 0.2) is 42.5 Å². The van der Waals surface area contributed by atoms with Gasteiger partial charge in [0.15, 0.2) is 0 Å². The average Bonchev–Trinajstić information content (AvgIpc) is 2.87. The number of nitrogens with one attached hydrogen (secondary N) is 2. The number of rotatable bonds is 3. The van der Waals surface area contributed by atoms with E-state index >= 15 is 0 Å². The minimum absolute atomic E-state index is 0.0372. The number of hydrogen-bond acceptors (Lipinski definition) is 5. The van der Waals surface area contributed by atoms with Crippen molar-refractivity contribution >= 4 is 27.7 Å². The standard InChI is InChI=1S/C18H17N3O5S/c22-16-8-11(5-6-15(16)21-10-17(23)20-27(21,25)26)7-13-9-12-3-1-2-4-14(12)18(24)19-13/h1-6,8,13,22H,7,9-10H2,(H,19,24)(H,20,23)/t13-/m1/s1. The molecule has 0 spiro atoms. The summed E-state index contributed by atoms with van der Waals surface area (Å²) in [7, 11) is -3.98. The molecule has 2 aliphatic heterocycles. The molecule has 0 radical (unpaired) electrons. The lowest BCUT2D eigenvalue weighted by Gasteiger charge is -2.26. The highest BCUT2D eigenvalue weighted by Gasteiger charge is 2.35. The number of hydrogen-bond donors (Lipinski definition) is 3. The molecule has 2 aliphatic rings. The summed E-state index contributed by atoms with van der Waals surface area (Å²) in [6.07, 6.45) is 1.15. The second-order valence-corrected chi connectivity index (χ2v) is 8.19. The molecule has 27 heavy (non-hydrogen) atoms. The molecule has 9 heteroatoms. The van der Waals surface area contributed by atoms with Gasteiger partial charge in [0.25, 0.3) is 11.8 Å². The van der Waals surface area contributed by atoms with Gasteiger partial charge in [-0.05, 0) is 42.2 Å². The number of phenolic OH excluding ortho intramolecular Hbond substituents is 1. The van der Waals surface area contributed by atoms with Crippen molar-refractivity contribution in [3.05, 3.63) is 59.2 Å². The van der Waals surface area contributed by atoms with Gasteiger partial charge in [-0.1, -0.05) is 24.3 Å². The van der Waals surface area contributed by atoms with E-state index in [4.69, 9.17) is 0 Å².